The molecule has 0 atom stereocenters. The minimum absolute atomic E-state index is 0.0673. The second-order valence-electron chi connectivity index (χ2n) is 6.42. The molecule has 0 radical (unpaired) electrons. The standard InChI is InChI=1S/C22H15ClN4O2S/c1-29-15-5-3-2-4-13(15)16-14(10-24)21(26)27-22-17(16)18(25)20(30-22)19(28)11-6-8-12(23)9-7-11/h2-9H,25H2,1H3,(H2,26,27). The third-order valence-electron chi connectivity index (χ3n) is 4.71. The van der Waals surface area contributed by atoms with Gasteiger partial charge in [0.05, 0.1) is 12.8 Å². The Morgan fingerprint density at radius 1 is 1.17 bits per heavy atom. The van der Waals surface area contributed by atoms with E-state index in [0.29, 0.717) is 42.6 Å². The Morgan fingerprint density at radius 2 is 1.87 bits per heavy atom. The predicted octanol–water partition coefficient (Wildman–Crippen LogP) is 4.89. The molecular weight excluding hydrogens is 420 g/mol. The van der Waals surface area contributed by atoms with Crippen LogP contribution in [0.2, 0.25) is 5.02 Å². The number of pyridine rings is 1. The number of carbonyl (C=O) groups is 1. The number of nitrogens with two attached hydrogens (primary N) is 2. The van der Waals surface area contributed by atoms with E-state index >= 15 is 0 Å². The van der Waals surface area contributed by atoms with E-state index in [-0.39, 0.29) is 22.9 Å². The van der Waals surface area contributed by atoms with Crippen molar-refractivity contribution in [2.24, 2.45) is 0 Å². The third kappa shape index (κ3) is 3.12. The molecule has 148 valence electrons. The van der Waals surface area contributed by atoms with Crippen molar-refractivity contribution >= 4 is 50.4 Å². The molecule has 0 aliphatic carbocycles. The number of ether oxygens (including phenoxy) is 1. The summed E-state index contributed by atoms with van der Waals surface area (Å²) in [6.07, 6.45) is 0. The summed E-state index contributed by atoms with van der Waals surface area (Å²) < 4.78 is 5.48. The molecule has 0 unspecified atom stereocenters. The summed E-state index contributed by atoms with van der Waals surface area (Å²) in [6, 6.07) is 15.9. The predicted molar refractivity (Wildman–Crippen MR) is 120 cm³/mol. The first-order valence-electron chi connectivity index (χ1n) is 8.81. The molecule has 30 heavy (non-hydrogen) atoms. The number of para-hydroxylation sites is 1. The number of methoxy groups -OCH3 is 1. The number of thiophene rings is 1. The fraction of sp³-hybridized carbons (Fsp3) is 0.0455. The summed E-state index contributed by atoms with van der Waals surface area (Å²) in [5.74, 6) is 0.366. The van der Waals surface area contributed by atoms with Crippen molar-refractivity contribution in [3.8, 4) is 22.9 Å². The van der Waals surface area contributed by atoms with Gasteiger partial charge in [0.1, 0.15) is 32.9 Å². The first-order chi connectivity index (χ1) is 14.5. The van der Waals surface area contributed by atoms with Gasteiger partial charge in [-0.25, -0.2) is 4.98 Å². The number of nitrogen functional groups attached to an aromatic ring is 2. The Bertz CT molecular complexity index is 1340. The van der Waals surface area contributed by atoms with Gasteiger partial charge >= 0.3 is 0 Å². The Hall–Kier alpha value is -3.60. The van der Waals surface area contributed by atoms with Crippen LogP contribution in [-0.4, -0.2) is 17.9 Å². The number of fused-ring (bicyclic) bond motifs is 1. The van der Waals surface area contributed by atoms with Crippen molar-refractivity contribution < 1.29 is 9.53 Å². The molecule has 0 aliphatic heterocycles. The van der Waals surface area contributed by atoms with E-state index in [1.54, 1.807) is 37.4 Å². The van der Waals surface area contributed by atoms with Crippen LogP contribution in [0, 0.1) is 11.3 Å². The lowest BCUT2D eigenvalue weighted by molar-refractivity contribution is 0.104. The first-order valence-corrected chi connectivity index (χ1v) is 10.0. The monoisotopic (exact) mass is 434 g/mol. The number of benzene rings is 2. The normalized spacial score (nSPS) is 10.7. The molecule has 2 heterocycles. The van der Waals surface area contributed by atoms with E-state index < -0.39 is 0 Å². The van der Waals surface area contributed by atoms with Gasteiger partial charge in [0, 0.05) is 27.1 Å². The van der Waals surface area contributed by atoms with Crippen LogP contribution in [0.5, 0.6) is 5.75 Å². The zero-order valence-electron chi connectivity index (χ0n) is 15.8. The molecule has 4 rings (SSSR count). The fourth-order valence-corrected chi connectivity index (χ4v) is 4.50. The summed E-state index contributed by atoms with van der Waals surface area (Å²) in [4.78, 5) is 18.2. The smallest absolute Gasteiger partial charge is 0.205 e. The van der Waals surface area contributed by atoms with E-state index in [9.17, 15) is 10.1 Å². The van der Waals surface area contributed by atoms with Crippen molar-refractivity contribution in [3.63, 3.8) is 0 Å². The van der Waals surface area contributed by atoms with Crippen LogP contribution in [0.1, 0.15) is 20.8 Å². The van der Waals surface area contributed by atoms with Gasteiger partial charge in [-0.2, -0.15) is 5.26 Å². The Kier molecular flexibility index (Phi) is 5.04. The largest absolute Gasteiger partial charge is 0.496 e. The highest BCUT2D eigenvalue weighted by Crippen LogP contribution is 2.45. The molecule has 0 saturated carbocycles. The number of ketones is 1. The number of carbonyl (C=O) groups excluding carboxylic acids is 1. The summed E-state index contributed by atoms with van der Waals surface area (Å²) in [7, 11) is 1.54. The Labute approximate surface area is 181 Å². The van der Waals surface area contributed by atoms with Gasteiger partial charge in [0.25, 0.3) is 0 Å². The molecule has 0 amide bonds. The maximum absolute atomic E-state index is 13.1. The van der Waals surface area contributed by atoms with Crippen LogP contribution < -0.4 is 16.2 Å². The quantitative estimate of drug-likeness (QED) is 0.442. The van der Waals surface area contributed by atoms with Gasteiger partial charge in [-0.3, -0.25) is 4.79 Å². The third-order valence-corrected chi connectivity index (χ3v) is 6.06. The number of anilines is 2. The van der Waals surface area contributed by atoms with E-state index in [2.05, 4.69) is 11.1 Å². The van der Waals surface area contributed by atoms with E-state index in [1.807, 2.05) is 18.2 Å². The second kappa shape index (κ2) is 7.67. The van der Waals surface area contributed by atoms with Crippen LogP contribution in [0.15, 0.2) is 48.5 Å². The van der Waals surface area contributed by atoms with Gasteiger partial charge in [0.2, 0.25) is 5.78 Å². The summed E-state index contributed by atoms with van der Waals surface area (Å²) >= 11 is 7.06. The molecular formula is C22H15ClN4O2S. The highest BCUT2D eigenvalue weighted by atomic mass is 35.5. The minimum atomic E-state index is -0.254. The number of halogens is 1. The van der Waals surface area contributed by atoms with Crippen LogP contribution in [0.25, 0.3) is 21.3 Å². The maximum atomic E-state index is 13.1. The van der Waals surface area contributed by atoms with Crippen molar-refractivity contribution in [2.75, 3.05) is 18.6 Å². The summed E-state index contributed by atoms with van der Waals surface area (Å²) in [6.45, 7) is 0. The first kappa shape index (κ1) is 19.7. The lowest BCUT2D eigenvalue weighted by Crippen LogP contribution is -2.03. The van der Waals surface area contributed by atoms with Crippen molar-refractivity contribution in [1.29, 1.82) is 5.26 Å². The molecule has 0 fully saturated rings. The molecule has 0 aliphatic rings. The topological polar surface area (TPSA) is 115 Å². The van der Waals surface area contributed by atoms with Crippen molar-refractivity contribution in [3.05, 3.63) is 69.6 Å². The van der Waals surface area contributed by atoms with Crippen LogP contribution in [-0.2, 0) is 0 Å². The molecule has 2 aromatic carbocycles. The number of nitrogens with zero attached hydrogens (tertiary/aromatic N) is 2. The highest BCUT2D eigenvalue weighted by molar-refractivity contribution is 7.21. The van der Waals surface area contributed by atoms with Gasteiger partial charge in [-0.05, 0) is 30.3 Å². The lowest BCUT2D eigenvalue weighted by Gasteiger charge is -2.13. The van der Waals surface area contributed by atoms with Crippen molar-refractivity contribution in [2.45, 2.75) is 0 Å². The second-order valence-corrected chi connectivity index (χ2v) is 7.86. The molecule has 4 aromatic rings. The number of hydrogen-bond donors (Lipinski definition) is 2. The van der Waals surface area contributed by atoms with Gasteiger partial charge in [-0.1, -0.05) is 29.8 Å². The fourth-order valence-electron chi connectivity index (χ4n) is 3.30. The number of nitriles is 1. The van der Waals surface area contributed by atoms with Gasteiger partial charge in [-0.15, -0.1) is 11.3 Å². The van der Waals surface area contributed by atoms with Crippen LogP contribution >= 0.6 is 22.9 Å². The lowest BCUT2D eigenvalue weighted by atomic mass is 9.96. The van der Waals surface area contributed by atoms with Crippen molar-refractivity contribution in [1.82, 2.24) is 4.98 Å². The van der Waals surface area contributed by atoms with Crippen LogP contribution in [0.4, 0.5) is 11.5 Å². The molecule has 6 nitrogen and oxygen atoms in total. The zero-order valence-corrected chi connectivity index (χ0v) is 17.3. The average molecular weight is 435 g/mol. The molecule has 0 spiro atoms. The molecule has 0 saturated heterocycles. The Balaban J connectivity index is 2.03. The van der Waals surface area contributed by atoms with Crippen LogP contribution in [0.3, 0.4) is 0 Å². The number of aromatic nitrogens is 1. The molecule has 4 N–H and O–H groups in total. The zero-order chi connectivity index (χ0) is 21.4. The van der Waals surface area contributed by atoms with E-state index in [4.69, 9.17) is 27.8 Å². The average Bonchev–Trinajstić information content (AvgIpc) is 3.08. The van der Waals surface area contributed by atoms with Gasteiger partial charge in [0.15, 0.2) is 0 Å². The Morgan fingerprint density at radius 3 is 2.53 bits per heavy atom. The summed E-state index contributed by atoms with van der Waals surface area (Å²) in [5.41, 5.74) is 14.6. The van der Waals surface area contributed by atoms with E-state index in [1.165, 1.54) is 0 Å². The highest BCUT2D eigenvalue weighted by Gasteiger charge is 2.26. The molecule has 0 bridgehead atoms. The molecule has 8 heteroatoms. The van der Waals surface area contributed by atoms with E-state index in [0.717, 1.165) is 11.3 Å². The maximum Gasteiger partial charge on any atom is 0.205 e. The van der Waals surface area contributed by atoms with Gasteiger partial charge < -0.3 is 16.2 Å². The number of hydrogen-bond acceptors (Lipinski definition) is 7. The number of rotatable bonds is 4. The molecule has 2 aromatic heterocycles. The summed E-state index contributed by atoms with van der Waals surface area (Å²) in [5, 5.41) is 10.8. The SMILES string of the molecule is COc1ccccc1-c1c(C#N)c(N)nc2sc(C(=O)c3ccc(Cl)cc3)c(N)c12. The minimum Gasteiger partial charge on any atom is -0.496 e.